The number of hydrogen-bond donors (Lipinski definition) is 8. The number of allylic oxidation sites excluding steroid dienone is 2. The molecule has 90 heavy (non-hydrogen) atoms. The van der Waals surface area contributed by atoms with E-state index in [0.717, 1.165) is 90.3 Å². The molecule has 6 aliphatic heterocycles. The van der Waals surface area contributed by atoms with Crippen molar-refractivity contribution in [1.29, 1.82) is 0 Å². The third-order valence-electron chi connectivity index (χ3n) is 28.8. The first-order valence-corrected chi connectivity index (χ1v) is 36.1. The maximum atomic E-state index is 13.7. The van der Waals surface area contributed by atoms with Gasteiger partial charge in [0, 0.05) is 37.5 Å². The molecule has 0 aromatic rings. The van der Waals surface area contributed by atoms with Crippen molar-refractivity contribution in [2.75, 3.05) is 26.4 Å². The monoisotopic (exact) mass is 1260 g/mol. The highest BCUT2D eigenvalue weighted by atomic mass is 16.7. The predicted octanol–water partition coefficient (Wildman–Crippen LogP) is 7.90. The summed E-state index contributed by atoms with van der Waals surface area (Å²) >= 11 is 0. The summed E-state index contributed by atoms with van der Waals surface area (Å²) in [7, 11) is 0. The van der Waals surface area contributed by atoms with Crippen LogP contribution in [0.15, 0.2) is 23.3 Å². The highest BCUT2D eigenvalue weighted by molar-refractivity contribution is 5.77. The average molecular weight is 1260 g/mol. The van der Waals surface area contributed by atoms with Gasteiger partial charge in [0.1, 0.15) is 48.7 Å². The molecule has 2 spiro atoms. The van der Waals surface area contributed by atoms with Crippen LogP contribution in [0.25, 0.3) is 0 Å². The van der Waals surface area contributed by atoms with E-state index < -0.39 is 97.9 Å². The molecule has 506 valence electrons. The molecule has 14 rings (SSSR count). The maximum Gasteiger partial charge on any atom is 0.220 e. The Morgan fingerprint density at radius 1 is 0.544 bits per heavy atom. The normalized spacial score (nSPS) is 54.2. The van der Waals surface area contributed by atoms with Crippen molar-refractivity contribution in [2.24, 2.45) is 92.7 Å². The lowest BCUT2D eigenvalue weighted by Crippen LogP contribution is -2.65. The summed E-state index contributed by atoms with van der Waals surface area (Å²) in [6.45, 7) is 19.9. The van der Waals surface area contributed by atoms with Crippen molar-refractivity contribution < 1.29 is 78.1 Å². The van der Waals surface area contributed by atoms with Gasteiger partial charge in [-0.3, -0.25) is 9.59 Å². The van der Waals surface area contributed by atoms with Crippen LogP contribution in [0.1, 0.15) is 197 Å². The Labute approximate surface area is 534 Å². The van der Waals surface area contributed by atoms with E-state index in [1.54, 1.807) is 0 Å². The lowest BCUT2D eigenvalue weighted by molar-refractivity contribution is -0.284. The van der Waals surface area contributed by atoms with Gasteiger partial charge >= 0.3 is 0 Å². The number of rotatable bonds is 13. The number of hydrogen-bond acceptors (Lipinski definition) is 16. The van der Waals surface area contributed by atoms with Crippen molar-refractivity contribution >= 4 is 11.8 Å². The molecule has 6 heterocycles. The van der Waals surface area contributed by atoms with Gasteiger partial charge in [0.25, 0.3) is 0 Å². The number of unbranched alkanes of at least 4 members (excludes halogenated alkanes) is 1. The molecule has 0 aromatic heterocycles. The molecule has 14 aliphatic rings. The van der Waals surface area contributed by atoms with E-state index >= 15 is 0 Å². The molecule has 12 fully saturated rings. The number of aliphatic hydroxyl groups is 6. The predicted molar refractivity (Wildman–Crippen MR) is 331 cm³/mol. The van der Waals surface area contributed by atoms with Crippen LogP contribution in [-0.2, 0) is 47.5 Å². The van der Waals surface area contributed by atoms with Gasteiger partial charge in [0.15, 0.2) is 24.2 Å². The van der Waals surface area contributed by atoms with Gasteiger partial charge in [0.05, 0.1) is 50.8 Å². The van der Waals surface area contributed by atoms with E-state index in [-0.39, 0.29) is 58.9 Å². The van der Waals surface area contributed by atoms with Gasteiger partial charge in [-0.15, -0.1) is 0 Å². The number of nitrogens with one attached hydrogen (secondary N) is 2. The van der Waals surface area contributed by atoms with Gasteiger partial charge in [-0.2, -0.15) is 0 Å². The van der Waals surface area contributed by atoms with Crippen LogP contribution in [-0.4, -0.2) is 166 Å². The number of amides is 2. The second-order valence-corrected chi connectivity index (χ2v) is 33.4. The maximum absolute atomic E-state index is 13.7. The van der Waals surface area contributed by atoms with Crippen LogP contribution in [0.2, 0.25) is 0 Å². The van der Waals surface area contributed by atoms with Crippen molar-refractivity contribution in [2.45, 2.75) is 294 Å². The number of fused-ring (bicyclic) bond motifs is 14. The van der Waals surface area contributed by atoms with Crippen LogP contribution < -0.4 is 10.6 Å². The molecule has 6 saturated carbocycles. The first-order valence-electron chi connectivity index (χ1n) is 36.1. The lowest BCUT2D eigenvalue weighted by atomic mass is 9.47. The average Bonchev–Trinajstić information content (AvgIpc) is 1.82. The molecule has 18 heteroatoms. The minimum absolute atomic E-state index is 0.000443. The smallest absolute Gasteiger partial charge is 0.220 e. The van der Waals surface area contributed by atoms with Crippen LogP contribution >= 0.6 is 0 Å². The Morgan fingerprint density at radius 2 is 0.956 bits per heavy atom. The number of ether oxygens (including phenoxy) is 8. The Kier molecular flexibility index (Phi) is 17.7. The quantitative estimate of drug-likeness (QED) is 0.0644. The largest absolute Gasteiger partial charge is 0.394 e. The molecule has 8 aliphatic carbocycles. The third-order valence-corrected chi connectivity index (χ3v) is 28.8. The zero-order chi connectivity index (χ0) is 63.2. The minimum atomic E-state index is -1.48. The van der Waals surface area contributed by atoms with Crippen LogP contribution in [0.4, 0.5) is 0 Å². The fraction of sp³-hybridized carbons (Fsp3) is 0.917. The lowest BCUT2D eigenvalue weighted by Gasteiger charge is -2.58. The molecule has 2 amide bonds. The van der Waals surface area contributed by atoms with Crippen molar-refractivity contribution in [3.05, 3.63) is 23.3 Å². The van der Waals surface area contributed by atoms with E-state index in [1.165, 1.54) is 36.8 Å². The van der Waals surface area contributed by atoms with Crippen molar-refractivity contribution in [3.8, 4) is 0 Å². The topological polar surface area (TPSA) is 253 Å². The van der Waals surface area contributed by atoms with Gasteiger partial charge in [-0.1, -0.05) is 78.7 Å². The van der Waals surface area contributed by atoms with E-state index in [4.69, 9.17) is 37.9 Å². The zero-order valence-electron chi connectivity index (χ0n) is 55.3. The Morgan fingerprint density at radius 3 is 1.33 bits per heavy atom. The Balaban J connectivity index is 0.562. The fourth-order valence-corrected chi connectivity index (χ4v) is 23.7. The number of aliphatic hydroxyl groups excluding tert-OH is 6. The van der Waals surface area contributed by atoms with Crippen molar-refractivity contribution in [1.82, 2.24) is 10.6 Å². The molecule has 0 aromatic carbocycles. The van der Waals surface area contributed by atoms with E-state index in [2.05, 4.69) is 78.2 Å². The summed E-state index contributed by atoms with van der Waals surface area (Å²) in [5, 5.41) is 71.4. The van der Waals surface area contributed by atoms with E-state index in [1.807, 2.05) is 0 Å². The van der Waals surface area contributed by atoms with E-state index in [0.29, 0.717) is 96.7 Å². The van der Waals surface area contributed by atoms with Gasteiger partial charge in [-0.25, -0.2) is 0 Å². The second-order valence-electron chi connectivity index (χ2n) is 33.4. The SMILES string of the molecule is C[C@@H]1CC[C@@]2(OC1)O[C@H]1C[C@H]3[C@@H]4CC=C5C[C@@H](O[C@H]6O[C@@H](CO)[C@H](O)[C@@H](O)[C@@H]6NC(=O)CCCCC(=O)N[C@H]6[C@H](O[C@H]7CC[C@@]8(C)C(=CC[C@H]9[C@@H]%10C[C@@H]%11O[C@]%12(CC[C@@H](C)CO%12)[C@@H](C)[C@@H]%11[C@@]%10(C)CC[C@@H]98)C7)O[C@H](CO)[C@@H](O)[C@@H]6O)CC[C@]5(C)[C@H]4CC[C@]3(C)[C@H]1[C@@H]2C. The van der Waals surface area contributed by atoms with Crippen LogP contribution in [0, 0.1) is 92.7 Å². The first kappa shape index (κ1) is 65.2. The Bertz CT molecular complexity index is 2520. The van der Waals surface area contributed by atoms with Crippen molar-refractivity contribution in [3.63, 3.8) is 0 Å². The summed E-state index contributed by atoms with van der Waals surface area (Å²) in [6.07, 6.45) is 13.3. The van der Waals surface area contributed by atoms with Gasteiger partial charge in [0.2, 0.25) is 11.8 Å². The van der Waals surface area contributed by atoms with Crippen LogP contribution in [0.3, 0.4) is 0 Å². The molecular formula is C72H112N2O16. The summed E-state index contributed by atoms with van der Waals surface area (Å²) in [5.74, 6) is 4.70. The van der Waals surface area contributed by atoms with Crippen LogP contribution in [0.5, 0.6) is 0 Å². The summed E-state index contributed by atoms with van der Waals surface area (Å²) in [5.41, 5.74) is 3.29. The molecule has 0 unspecified atom stereocenters. The van der Waals surface area contributed by atoms with Gasteiger partial charge < -0.3 is 79.2 Å². The highest BCUT2D eigenvalue weighted by Gasteiger charge is 2.71. The molecular weight excluding hydrogens is 1150 g/mol. The summed E-state index contributed by atoms with van der Waals surface area (Å²) in [4.78, 5) is 27.5. The molecule has 0 bridgehead atoms. The standard InChI is InChI=1S/C72H112N2O16/c1-37-17-27-71(83-35-37)39(3)57-51(89-71)31-49-45-15-13-41-29-43(19-23-67(41,5)47(45)21-25-69(49,57)7)85-65-59(63(81)61(79)53(33-75)87-65)73-55(77)11-9-10-12-56(78)74-60-64(82)62(80)54(34-76)88-66(60)86-44-20-24-68(6)42(30-44)14-16-46-48(68)22-26-70(8)50(46)32-52-58(70)40(4)72(90-52)28-18-38(2)36-84-72/h13-14,37-40,43-54,57-66,75-76,79-82H,9-12,15-36H2,1-8H3,(H,73,77)(H,74,78)/t37-,38-,39+,40+,43+,44+,45-,46-,47+,48+,49+,50+,51+,52+,53-,54+,57+,58+,59-,60+,61-,62+,63-,64+,65-,66+,67+,68+,69+,70+,71-,72-/m1/s1. The highest BCUT2D eigenvalue weighted by Crippen LogP contribution is 2.73. The first-order chi connectivity index (χ1) is 43.0. The zero-order valence-corrected chi connectivity index (χ0v) is 55.3. The molecule has 8 N–H and O–H groups in total. The minimum Gasteiger partial charge on any atom is -0.394 e. The molecule has 32 atom stereocenters. The summed E-state index contributed by atoms with van der Waals surface area (Å²) in [6, 6.07) is -2.23. The molecule has 0 radical (unpaired) electrons. The second kappa shape index (κ2) is 24.4. The van der Waals surface area contributed by atoms with E-state index in [9.17, 15) is 40.2 Å². The fourth-order valence-electron chi connectivity index (χ4n) is 23.7. The molecule has 18 nitrogen and oxygen atoms in total. The summed E-state index contributed by atoms with van der Waals surface area (Å²) < 4.78 is 53.0. The number of carbonyl (C=O) groups is 2. The van der Waals surface area contributed by atoms with Gasteiger partial charge in [-0.05, 0) is 196 Å². The number of carbonyl (C=O) groups excluding carboxylic acids is 2. The molecule has 6 saturated heterocycles. The third kappa shape index (κ3) is 10.7. The Hall–Kier alpha value is -2.14.